The molecule has 0 unspecified atom stereocenters. The minimum absolute atomic E-state index is 0.121. The van der Waals surface area contributed by atoms with Crippen LogP contribution in [0.2, 0.25) is 0 Å². The monoisotopic (exact) mass is 225 g/mol. The lowest BCUT2D eigenvalue weighted by molar-refractivity contribution is 0.490. The van der Waals surface area contributed by atoms with Crippen LogP contribution in [0.3, 0.4) is 0 Å². The van der Waals surface area contributed by atoms with Crippen LogP contribution >= 0.6 is 11.9 Å². The molecule has 1 saturated carbocycles. The fourth-order valence-corrected chi connectivity index (χ4v) is 1.48. The van der Waals surface area contributed by atoms with Crippen molar-refractivity contribution in [3.05, 3.63) is 11.8 Å². The van der Waals surface area contributed by atoms with E-state index < -0.39 is 0 Å². The van der Waals surface area contributed by atoms with E-state index in [4.69, 9.17) is 4.42 Å². The molecule has 0 aliphatic heterocycles. The summed E-state index contributed by atoms with van der Waals surface area (Å²) in [7, 11) is 0. The summed E-state index contributed by atoms with van der Waals surface area (Å²) in [4.78, 5) is 0. The van der Waals surface area contributed by atoms with Gasteiger partial charge in [-0.05, 0) is 45.6 Å². The summed E-state index contributed by atoms with van der Waals surface area (Å²) in [5.74, 6) is 1.78. The van der Waals surface area contributed by atoms with Crippen molar-refractivity contribution >= 4 is 18.2 Å². The summed E-state index contributed by atoms with van der Waals surface area (Å²) in [5.41, 5.74) is 0. The molecular formula is C10H15N3OS. The number of hydrogen-bond donors (Lipinski definition) is 0. The summed E-state index contributed by atoms with van der Waals surface area (Å²) in [6.45, 7) is 6.33. The summed E-state index contributed by atoms with van der Waals surface area (Å²) in [6, 6.07) is 0. The molecule has 5 heteroatoms. The van der Waals surface area contributed by atoms with E-state index in [9.17, 15) is 0 Å². The first kappa shape index (κ1) is 10.7. The smallest absolute Gasteiger partial charge is 0.259 e. The maximum Gasteiger partial charge on any atom is 0.259 e. The average Bonchev–Trinajstić information content (AvgIpc) is 2.86. The highest BCUT2D eigenvalue weighted by Crippen LogP contribution is 2.38. The van der Waals surface area contributed by atoms with Gasteiger partial charge in [-0.2, -0.15) is 0 Å². The molecule has 0 spiro atoms. The molecule has 0 amide bonds. The normalized spacial score (nSPS) is 17.5. The van der Waals surface area contributed by atoms with Crippen molar-refractivity contribution in [3.63, 3.8) is 0 Å². The van der Waals surface area contributed by atoms with Crippen molar-refractivity contribution in [2.24, 2.45) is 4.40 Å². The molecule has 1 heterocycles. The van der Waals surface area contributed by atoms with E-state index in [2.05, 4.69) is 35.4 Å². The molecule has 0 N–H and O–H groups in total. The van der Waals surface area contributed by atoms with E-state index in [0.29, 0.717) is 11.8 Å². The second-order valence-corrected chi connectivity index (χ2v) is 6.31. The Hall–Kier alpha value is -0.840. The van der Waals surface area contributed by atoms with Crippen LogP contribution in [0.15, 0.2) is 8.81 Å². The fourth-order valence-electron chi connectivity index (χ4n) is 1.02. The predicted octanol–water partition coefficient (Wildman–Crippen LogP) is 2.81. The van der Waals surface area contributed by atoms with Gasteiger partial charge in [-0.1, -0.05) is 0 Å². The van der Waals surface area contributed by atoms with Gasteiger partial charge in [0.15, 0.2) is 0 Å². The van der Waals surface area contributed by atoms with Crippen molar-refractivity contribution in [2.45, 2.75) is 44.3 Å². The van der Waals surface area contributed by atoms with Gasteiger partial charge in [-0.25, -0.2) is 4.40 Å². The summed E-state index contributed by atoms with van der Waals surface area (Å²) < 4.78 is 9.76. The maximum absolute atomic E-state index is 5.44. The molecule has 15 heavy (non-hydrogen) atoms. The third kappa shape index (κ3) is 3.34. The second kappa shape index (κ2) is 3.96. The van der Waals surface area contributed by atoms with Crippen molar-refractivity contribution in [2.75, 3.05) is 0 Å². The van der Waals surface area contributed by atoms with Gasteiger partial charge >= 0.3 is 0 Å². The minimum Gasteiger partial charge on any atom is -0.419 e. The van der Waals surface area contributed by atoms with Crippen LogP contribution in [0, 0.1) is 0 Å². The quantitative estimate of drug-likeness (QED) is 0.586. The molecule has 0 saturated heterocycles. The Morgan fingerprint density at radius 2 is 2.13 bits per heavy atom. The lowest BCUT2D eigenvalue weighted by Gasteiger charge is -2.11. The number of rotatable bonds is 3. The molecule has 1 aliphatic carbocycles. The Kier molecular flexibility index (Phi) is 2.82. The van der Waals surface area contributed by atoms with E-state index in [1.165, 1.54) is 24.8 Å². The highest BCUT2D eigenvalue weighted by molar-refractivity contribution is 7.99. The van der Waals surface area contributed by atoms with Crippen molar-refractivity contribution < 1.29 is 4.42 Å². The Morgan fingerprint density at radius 1 is 1.40 bits per heavy atom. The van der Waals surface area contributed by atoms with Crippen molar-refractivity contribution in [3.8, 4) is 0 Å². The van der Waals surface area contributed by atoms with Crippen LogP contribution in [0.5, 0.6) is 0 Å². The van der Waals surface area contributed by atoms with Crippen molar-refractivity contribution in [1.82, 2.24) is 10.2 Å². The molecule has 0 aromatic carbocycles. The summed E-state index contributed by atoms with van der Waals surface area (Å²) in [5, 5.41) is 7.89. The van der Waals surface area contributed by atoms with E-state index in [1.807, 2.05) is 0 Å². The largest absolute Gasteiger partial charge is 0.419 e. The first-order valence-electron chi connectivity index (χ1n) is 5.09. The Labute approximate surface area is 93.7 Å². The maximum atomic E-state index is 5.44. The zero-order valence-electron chi connectivity index (χ0n) is 9.23. The molecule has 1 aromatic rings. The SMILES string of the molecule is CC(C)(C)SN=Cc1nnc(C2CC2)o1. The Morgan fingerprint density at radius 3 is 2.73 bits per heavy atom. The molecule has 0 atom stereocenters. The van der Waals surface area contributed by atoms with Gasteiger partial charge in [0.05, 0.1) is 6.21 Å². The molecule has 2 rings (SSSR count). The van der Waals surface area contributed by atoms with Gasteiger partial charge < -0.3 is 4.42 Å². The van der Waals surface area contributed by atoms with Crippen LogP contribution in [-0.2, 0) is 0 Å². The lowest BCUT2D eigenvalue weighted by atomic mass is 10.3. The van der Waals surface area contributed by atoms with Gasteiger partial charge in [0, 0.05) is 10.7 Å². The van der Waals surface area contributed by atoms with Gasteiger partial charge in [0.2, 0.25) is 5.89 Å². The van der Waals surface area contributed by atoms with Crippen LogP contribution in [-0.4, -0.2) is 21.2 Å². The molecule has 0 radical (unpaired) electrons. The topological polar surface area (TPSA) is 51.3 Å². The van der Waals surface area contributed by atoms with E-state index >= 15 is 0 Å². The molecular weight excluding hydrogens is 210 g/mol. The van der Waals surface area contributed by atoms with Gasteiger partial charge in [-0.15, -0.1) is 10.2 Å². The molecule has 1 aliphatic rings. The lowest BCUT2D eigenvalue weighted by Crippen LogP contribution is -2.04. The summed E-state index contributed by atoms with van der Waals surface area (Å²) in [6.07, 6.45) is 3.99. The molecule has 82 valence electrons. The molecule has 4 nitrogen and oxygen atoms in total. The first-order chi connectivity index (χ1) is 7.04. The average molecular weight is 225 g/mol. The third-order valence-corrected chi connectivity index (χ3v) is 2.63. The van der Waals surface area contributed by atoms with Gasteiger partial charge in [-0.3, -0.25) is 0 Å². The summed E-state index contributed by atoms with van der Waals surface area (Å²) >= 11 is 1.50. The van der Waals surface area contributed by atoms with E-state index in [1.54, 1.807) is 6.21 Å². The third-order valence-electron chi connectivity index (χ3n) is 1.87. The zero-order chi connectivity index (χ0) is 10.9. The second-order valence-electron chi connectivity index (χ2n) is 4.69. The van der Waals surface area contributed by atoms with Crippen LogP contribution in [0.4, 0.5) is 0 Å². The van der Waals surface area contributed by atoms with Gasteiger partial charge in [0.1, 0.15) is 0 Å². The van der Waals surface area contributed by atoms with Crippen LogP contribution in [0.25, 0.3) is 0 Å². The molecule has 0 bridgehead atoms. The molecule has 1 aromatic heterocycles. The van der Waals surface area contributed by atoms with Crippen LogP contribution < -0.4 is 0 Å². The standard InChI is InChI=1S/C10H15N3OS/c1-10(2,3)15-11-6-8-12-13-9(14-8)7-4-5-7/h6-7H,4-5H2,1-3H3. The number of aromatic nitrogens is 2. The number of nitrogens with zero attached hydrogens (tertiary/aromatic N) is 3. The van der Waals surface area contributed by atoms with E-state index in [0.717, 1.165) is 5.89 Å². The molecule has 1 fully saturated rings. The fraction of sp³-hybridized carbons (Fsp3) is 0.700. The highest BCUT2D eigenvalue weighted by Gasteiger charge is 2.29. The zero-order valence-corrected chi connectivity index (χ0v) is 10.0. The first-order valence-corrected chi connectivity index (χ1v) is 5.87. The van der Waals surface area contributed by atoms with Crippen LogP contribution in [0.1, 0.15) is 51.3 Å². The van der Waals surface area contributed by atoms with E-state index in [-0.39, 0.29) is 4.75 Å². The Bertz CT molecular complexity index is 363. The number of hydrogen-bond acceptors (Lipinski definition) is 5. The predicted molar refractivity (Wildman–Crippen MR) is 61.2 cm³/mol. The Balaban J connectivity index is 1.92. The highest BCUT2D eigenvalue weighted by atomic mass is 32.2. The van der Waals surface area contributed by atoms with Crippen molar-refractivity contribution in [1.29, 1.82) is 0 Å². The van der Waals surface area contributed by atoms with Gasteiger partial charge in [0.25, 0.3) is 5.89 Å². The minimum atomic E-state index is 0.121.